The van der Waals surface area contributed by atoms with E-state index in [9.17, 15) is 0 Å². The standard InChI is InChI=1S/C15H16N2O/c1-2-18-14-10-12-6-4-3-5-11(12)9-13(14)15-16-7-8-17-15/h3-6,9-10H,2,7-8H2,1H3,(H,16,17). The Morgan fingerprint density at radius 3 is 2.67 bits per heavy atom. The maximum atomic E-state index is 5.74. The van der Waals surface area contributed by atoms with Crippen molar-refractivity contribution < 1.29 is 4.74 Å². The van der Waals surface area contributed by atoms with Crippen molar-refractivity contribution in [3.63, 3.8) is 0 Å². The number of nitrogens with zero attached hydrogens (tertiary/aromatic N) is 1. The van der Waals surface area contributed by atoms with Gasteiger partial charge in [0.05, 0.1) is 18.7 Å². The number of nitrogens with one attached hydrogen (secondary N) is 1. The predicted molar refractivity (Wildman–Crippen MR) is 74.5 cm³/mol. The number of benzene rings is 2. The Kier molecular flexibility index (Phi) is 2.89. The van der Waals surface area contributed by atoms with E-state index in [1.165, 1.54) is 10.8 Å². The number of hydrogen-bond acceptors (Lipinski definition) is 3. The molecule has 0 saturated carbocycles. The number of fused-ring (bicyclic) bond motifs is 1. The van der Waals surface area contributed by atoms with Crippen molar-refractivity contribution in [2.45, 2.75) is 6.92 Å². The zero-order valence-electron chi connectivity index (χ0n) is 10.4. The van der Waals surface area contributed by atoms with Crippen LogP contribution >= 0.6 is 0 Å². The molecule has 0 fully saturated rings. The molecule has 0 atom stereocenters. The molecule has 18 heavy (non-hydrogen) atoms. The third kappa shape index (κ3) is 1.92. The molecule has 1 aliphatic rings. The first kappa shape index (κ1) is 11.1. The lowest BCUT2D eigenvalue weighted by Gasteiger charge is -2.12. The number of aliphatic imine (C=N–C) groups is 1. The highest BCUT2D eigenvalue weighted by molar-refractivity contribution is 6.05. The van der Waals surface area contributed by atoms with Crippen molar-refractivity contribution in [1.29, 1.82) is 0 Å². The van der Waals surface area contributed by atoms with Gasteiger partial charge in [0.25, 0.3) is 0 Å². The maximum absolute atomic E-state index is 5.74. The Labute approximate surface area is 106 Å². The van der Waals surface area contributed by atoms with Crippen LogP contribution in [0.25, 0.3) is 10.8 Å². The molecule has 0 radical (unpaired) electrons. The minimum atomic E-state index is 0.665. The number of amidine groups is 1. The molecule has 1 N–H and O–H groups in total. The molecule has 0 bridgehead atoms. The van der Waals surface area contributed by atoms with Crippen molar-refractivity contribution in [2.75, 3.05) is 19.7 Å². The molecule has 3 heteroatoms. The Morgan fingerprint density at radius 1 is 1.22 bits per heavy atom. The predicted octanol–water partition coefficient (Wildman–Crippen LogP) is 2.59. The molecule has 2 aromatic carbocycles. The SMILES string of the molecule is CCOc1cc2ccccc2cc1C1=NCCN1. The van der Waals surface area contributed by atoms with Crippen LogP contribution in [0, 0.1) is 0 Å². The monoisotopic (exact) mass is 240 g/mol. The Balaban J connectivity index is 2.17. The Bertz CT molecular complexity index is 604. The molecule has 0 unspecified atom stereocenters. The second kappa shape index (κ2) is 4.69. The van der Waals surface area contributed by atoms with Gasteiger partial charge in [-0.3, -0.25) is 4.99 Å². The van der Waals surface area contributed by atoms with E-state index in [-0.39, 0.29) is 0 Å². The van der Waals surface area contributed by atoms with Crippen molar-refractivity contribution in [1.82, 2.24) is 5.32 Å². The van der Waals surface area contributed by atoms with Crippen LogP contribution in [0.1, 0.15) is 12.5 Å². The summed E-state index contributed by atoms with van der Waals surface area (Å²) in [6.07, 6.45) is 0. The smallest absolute Gasteiger partial charge is 0.132 e. The largest absolute Gasteiger partial charge is 0.493 e. The zero-order chi connectivity index (χ0) is 12.4. The molecule has 2 aromatic rings. The lowest BCUT2D eigenvalue weighted by molar-refractivity contribution is 0.340. The Hall–Kier alpha value is -2.03. The van der Waals surface area contributed by atoms with Gasteiger partial charge in [0.1, 0.15) is 11.6 Å². The molecule has 0 saturated heterocycles. The summed E-state index contributed by atoms with van der Waals surface area (Å²) in [6.45, 7) is 4.42. The van der Waals surface area contributed by atoms with Gasteiger partial charge in [-0.25, -0.2) is 0 Å². The number of ether oxygens (including phenoxy) is 1. The first-order valence-electron chi connectivity index (χ1n) is 6.33. The summed E-state index contributed by atoms with van der Waals surface area (Å²) >= 11 is 0. The molecule has 0 aliphatic carbocycles. The van der Waals surface area contributed by atoms with Gasteiger partial charge in [-0.1, -0.05) is 24.3 Å². The lowest BCUT2D eigenvalue weighted by Crippen LogP contribution is -2.20. The molecular formula is C15H16N2O. The second-order valence-corrected chi connectivity index (χ2v) is 4.29. The summed E-state index contributed by atoms with van der Waals surface area (Å²) in [5, 5.41) is 5.72. The molecule has 0 aromatic heterocycles. The van der Waals surface area contributed by atoms with E-state index in [1.807, 2.05) is 13.0 Å². The topological polar surface area (TPSA) is 33.6 Å². The molecule has 1 heterocycles. The van der Waals surface area contributed by atoms with Gasteiger partial charge in [-0.15, -0.1) is 0 Å². The van der Waals surface area contributed by atoms with Crippen LogP contribution < -0.4 is 10.1 Å². The number of hydrogen-bond donors (Lipinski definition) is 1. The molecule has 1 aliphatic heterocycles. The fraction of sp³-hybridized carbons (Fsp3) is 0.267. The summed E-state index contributed by atoms with van der Waals surface area (Å²) in [5.74, 6) is 1.86. The van der Waals surface area contributed by atoms with E-state index in [1.54, 1.807) is 0 Å². The van der Waals surface area contributed by atoms with Crippen molar-refractivity contribution in [3.8, 4) is 5.75 Å². The zero-order valence-corrected chi connectivity index (χ0v) is 10.4. The van der Waals surface area contributed by atoms with E-state index in [4.69, 9.17) is 4.74 Å². The van der Waals surface area contributed by atoms with Crippen LogP contribution in [0.5, 0.6) is 5.75 Å². The highest BCUT2D eigenvalue weighted by Crippen LogP contribution is 2.27. The summed E-state index contributed by atoms with van der Waals surface area (Å²) in [4.78, 5) is 4.48. The third-order valence-corrected chi connectivity index (χ3v) is 3.08. The molecular weight excluding hydrogens is 224 g/mol. The van der Waals surface area contributed by atoms with E-state index in [0.717, 1.165) is 30.2 Å². The Morgan fingerprint density at radius 2 is 2.00 bits per heavy atom. The van der Waals surface area contributed by atoms with E-state index < -0.39 is 0 Å². The molecule has 0 spiro atoms. The first-order chi connectivity index (χ1) is 8.88. The van der Waals surface area contributed by atoms with Gasteiger partial charge in [-0.2, -0.15) is 0 Å². The first-order valence-corrected chi connectivity index (χ1v) is 6.33. The van der Waals surface area contributed by atoms with Crippen LogP contribution in [0.2, 0.25) is 0 Å². The average Bonchev–Trinajstić information content (AvgIpc) is 2.92. The second-order valence-electron chi connectivity index (χ2n) is 4.29. The van der Waals surface area contributed by atoms with Gasteiger partial charge in [0, 0.05) is 6.54 Å². The van der Waals surface area contributed by atoms with E-state index in [2.05, 4.69) is 40.6 Å². The molecule has 3 nitrogen and oxygen atoms in total. The van der Waals surface area contributed by atoms with Gasteiger partial charge in [0.15, 0.2) is 0 Å². The lowest BCUT2D eigenvalue weighted by atomic mass is 10.1. The van der Waals surface area contributed by atoms with Crippen molar-refractivity contribution in [2.24, 2.45) is 4.99 Å². The van der Waals surface area contributed by atoms with Gasteiger partial charge in [-0.05, 0) is 29.8 Å². The summed E-state index contributed by atoms with van der Waals surface area (Å²) < 4.78 is 5.74. The van der Waals surface area contributed by atoms with Crippen LogP contribution in [0.3, 0.4) is 0 Å². The fourth-order valence-electron chi connectivity index (χ4n) is 2.26. The van der Waals surface area contributed by atoms with E-state index >= 15 is 0 Å². The number of rotatable bonds is 3. The summed E-state index contributed by atoms with van der Waals surface area (Å²) in [6, 6.07) is 12.6. The van der Waals surface area contributed by atoms with Crippen molar-refractivity contribution in [3.05, 3.63) is 42.0 Å². The van der Waals surface area contributed by atoms with Crippen LogP contribution in [-0.2, 0) is 0 Å². The quantitative estimate of drug-likeness (QED) is 0.894. The van der Waals surface area contributed by atoms with Gasteiger partial charge < -0.3 is 10.1 Å². The third-order valence-electron chi connectivity index (χ3n) is 3.08. The van der Waals surface area contributed by atoms with Crippen LogP contribution in [0.15, 0.2) is 41.4 Å². The fourth-order valence-corrected chi connectivity index (χ4v) is 2.26. The molecule has 3 rings (SSSR count). The van der Waals surface area contributed by atoms with Gasteiger partial charge >= 0.3 is 0 Å². The van der Waals surface area contributed by atoms with Crippen LogP contribution in [0.4, 0.5) is 0 Å². The maximum Gasteiger partial charge on any atom is 0.132 e. The molecule has 92 valence electrons. The van der Waals surface area contributed by atoms with Crippen molar-refractivity contribution >= 4 is 16.6 Å². The van der Waals surface area contributed by atoms with Gasteiger partial charge in [0.2, 0.25) is 0 Å². The van der Waals surface area contributed by atoms with Crippen LogP contribution in [-0.4, -0.2) is 25.5 Å². The minimum absolute atomic E-state index is 0.665. The summed E-state index contributed by atoms with van der Waals surface area (Å²) in [7, 11) is 0. The molecule has 0 amide bonds. The normalized spacial score (nSPS) is 14.4. The minimum Gasteiger partial charge on any atom is -0.493 e. The highest BCUT2D eigenvalue weighted by Gasteiger charge is 2.14. The summed E-state index contributed by atoms with van der Waals surface area (Å²) in [5.41, 5.74) is 1.06. The highest BCUT2D eigenvalue weighted by atomic mass is 16.5. The average molecular weight is 240 g/mol. The van der Waals surface area contributed by atoms with E-state index in [0.29, 0.717) is 6.61 Å².